The van der Waals surface area contributed by atoms with E-state index < -0.39 is 23.7 Å². The molecule has 0 aromatic heterocycles. The highest BCUT2D eigenvalue weighted by atomic mass is 19.2. The molecule has 0 radical (unpaired) electrons. The van der Waals surface area contributed by atoms with Crippen molar-refractivity contribution in [3.63, 3.8) is 0 Å². The van der Waals surface area contributed by atoms with E-state index in [-0.39, 0.29) is 5.56 Å². The summed E-state index contributed by atoms with van der Waals surface area (Å²) in [5.74, 6) is -3.08. The van der Waals surface area contributed by atoms with E-state index in [4.69, 9.17) is 0 Å². The minimum atomic E-state index is -1.59. The topological polar surface area (TPSA) is 46.5 Å². The molecular weight excluding hydrogens is 194 g/mol. The van der Waals surface area contributed by atoms with Crippen molar-refractivity contribution >= 4 is 5.97 Å². The van der Waals surface area contributed by atoms with Crippen LogP contribution in [0.5, 0.6) is 0 Å². The number of aliphatic hydroxyl groups is 1. The van der Waals surface area contributed by atoms with E-state index >= 15 is 0 Å². The zero-order valence-electron chi connectivity index (χ0n) is 7.33. The first-order valence-electron chi connectivity index (χ1n) is 3.77. The van der Waals surface area contributed by atoms with Crippen LogP contribution in [0.4, 0.5) is 8.78 Å². The number of esters is 1. The molecule has 0 bridgehead atoms. The predicted octanol–water partition coefficient (Wildman–Crippen LogP) is 1.17. The lowest BCUT2D eigenvalue weighted by Gasteiger charge is -2.08. The third kappa shape index (κ3) is 2.05. The third-order valence-electron chi connectivity index (χ3n) is 1.68. The van der Waals surface area contributed by atoms with Crippen LogP contribution in [-0.2, 0) is 9.53 Å². The van der Waals surface area contributed by atoms with Gasteiger partial charge >= 0.3 is 5.97 Å². The van der Waals surface area contributed by atoms with Gasteiger partial charge in [0.2, 0.25) is 0 Å². The Morgan fingerprint density at radius 3 is 2.57 bits per heavy atom. The van der Waals surface area contributed by atoms with Gasteiger partial charge in [-0.15, -0.1) is 0 Å². The van der Waals surface area contributed by atoms with E-state index in [1.807, 2.05) is 0 Å². The quantitative estimate of drug-likeness (QED) is 0.732. The fourth-order valence-electron chi connectivity index (χ4n) is 0.930. The second-order valence-electron chi connectivity index (χ2n) is 2.60. The number of hydrogen-bond donors (Lipinski definition) is 1. The SMILES string of the molecule is COC(=O)[C@H](O)c1ccc(F)c(F)c1. The van der Waals surface area contributed by atoms with Crippen molar-refractivity contribution < 1.29 is 23.4 Å². The molecule has 14 heavy (non-hydrogen) atoms. The van der Waals surface area contributed by atoms with Gasteiger partial charge in [0.1, 0.15) is 0 Å². The number of methoxy groups -OCH3 is 1. The number of aliphatic hydroxyl groups excluding tert-OH is 1. The van der Waals surface area contributed by atoms with Crippen LogP contribution in [0.3, 0.4) is 0 Å². The lowest BCUT2D eigenvalue weighted by atomic mass is 10.1. The van der Waals surface area contributed by atoms with E-state index in [2.05, 4.69) is 4.74 Å². The number of carbonyl (C=O) groups is 1. The Morgan fingerprint density at radius 1 is 1.43 bits per heavy atom. The number of halogens is 2. The van der Waals surface area contributed by atoms with Crippen LogP contribution >= 0.6 is 0 Å². The fraction of sp³-hybridized carbons (Fsp3) is 0.222. The van der Waals surface area contributed by atoms with Crippen LogP contribution in [-0.4, -0.2) is 18.2 Å². The highest BCUT2D eigenvalue weighted by Crippen LogP contribution is 2.17. The smallest absolute Gasteiger partial charge is 0.339 e. The molecule has 0 fully saturated rings. The molecule has 76 valence electrons. The summed E-state index contributed by atoms with van der Waals surface area (Å²) in [6.45, 7) is 0. The monoisotopic (exact) mass is 202 g/mol. The summed E-state index contributed by atoms with van der Waals surface area (Å²) in [6, 6.07) is 2.69. The summed E-state index contributed by atoms with van der Waals surface area (Å²) in [7, 11) is 1.09. The molecule has 1 N–H and O–H groups in total. The van der Waals surface area contributed by atoms with Gasteiger partial charge in [-0.3, -0.25) is 0 Å². The van der Waals surface area contributed by atoms with Gasteiger partial charge in [0.25, 0.3) is 0 Å². The fourth-order valence-corrected chi connectivity index (χ4v) is 0.930. The van der Waals surface area contributed by atoms with Gasteiger partial charge in [-0.05, 0) is 17.7 Å². The largest absolute Gasteiger partial charge is 0.467 e. The van der Waals surface area contributed by atoms with Crippen LogP contribution in [0, 0.1) is 11.6 Å². The van der Waals surface area contributed by atoms with E-state index in [0.717, 1.165) is 25.3 Å². The van der Waals surface area contributed by atoms with Crippen LogP contribution in [0.15, 0.2) is 18.2 Å². The zero-order chi connectivity index (χ0) is 10.7. The Balaban J connectivity index is 2.96. The number of carbonyl (C=O) groups excluding carboxylic acids is 1. The second-order valence-corrected chi connectivity index (χ2v) is 2.60. The highest BCUT2D eigenvalue weighted by molar-refractivity contribution is 5.76. The minimum absolute atomic E-state index is 0.0456. The molecular formula is C9H8F2O3. The van der Waals surface area contributed by atoms with E-state index in [9.17, 15) is 18.7 Å². The molecule has 0 aliphatic rings. The zero-order valence-corrected chi connectivity index (χ0v) is 7.33. The van der Waals surface area contributed by atoms with E-state index in [0.29, 0.717) is 0 Å². The molecule has 0 spiro atoms. The summed E-state index contributed by atoms with van der Waals surface area (Å²) in [6.07, 6.45) is -1.59. The Labute approximate surface area is 78.9 Å². The summed E-state index contributed by atoms with van der Waals surface area (Å²) < 4.78 is 29.4. The first-order valence-corrected chi connectivity index (χ1v) is 3.77. The number of ether oxygens (including phenoxy) is 1. The van der Waals surface area contributed by atoms with Crippen LogP contribution in [0.25, 0.3) is 0 Å². The van der Waals surface area contributed by atoms with Gasteiger partial charge < -0.3 is 9.84 Å². The van der Waals surface area contributed by atoms with Crippen LogP contribution in [0.2, 0.25) is 0 Å². The molecule has 0 saturated carbocycles. The molecule has 0 aliphatic heterocycles. The maximum atomic E-state index is 12.7. The highest BCUT2D eigenvalue weighted by Gasteiger charge is 2.18. The summed E-state index contributed by atoms with van der Waals surface area (Å²) in [4.78, 5) is 10.8. The van der Waals surface area contributed by atoms with Gasteiger partial charge in [-0.25, -0.2) is 13.6 Å². The average molecular weight is 202 g/mol. The van der Waals surface area contributed by atoms with Crippen molar-refractivity contribution in [2.45, 2.75) is 6.10 Å². The molecule has 0 aliphatic carbocycles. The molecule has 0 unspecified atom stereocenters. The lowest BCUT2D eigenvalue weighted by molar-refractivity contribution is -0.150. The van der Waals surface area contributed by atoms with Gasteiger partial charge in [-0.2, -0.15) is 0 Å². The summed E-state index contributed by atoms with van der Waals surface area (Å²) >= 11 is 0. The first-order chi connectivity index (χ1) is 6.56. The number of benzene rings is 1. The van der Waals surface area contributed by atoms with Crippen molar-refractivity contribution in [1.82, 2.24) is 0 Å². The van der Waals surface area contributed by atoms with E-state index in [1.165, 1.54) is 0 Å². The van der Waals surface area contributed by atoms with Crippen molar-refractivity contribution in [2.75, 3.05) is 7.11 Å². The average Bonchev–Trinajstić information content (AvgIpc) is 2.20. The van der Waals surface area contributed by atoms with Crippen molar-refractivity contribution in [3.05, 3.63) is 35.4 Å². The number of rotatable bonds is 2. The first kappa shape index (κ1) is 10.6. The molecule has 3 nitrogen and oxygen atoms in total. The predicted molar refractivity (Wildman–Crippen MR) is 43.3 cm³/mol. The molecule has 0 amide bonds. The normalized spacial score (nSPS) is 12.3. The Hall–Kier alpha value is -1.49. The summed E-state index contributed by atoms with van der Waals surface area (Å²) in [5, 5.41) is 9.24. The Kier molecular flexibility index (Phi) is 3.14. The molecule has 0 saturated heterocycles. The van der Waals surface area contributed by atoms with Crippen molar-refractivity contribution in [3.8, 4) is 0 Å². The van der Waals surface area contributed by atoms with Gasteiger partial charge in [-0.1, -0.05) is 6.07 Å². The maximum absolute atomic E-state index is 12.7. The van der Waals surface area contributed by atoms with Crippen LogP contribution < -0.4 is 0 Å². The molecule has 0 heterocycles. The summed E-state index contributed by atoms with van der Waals surface area (Å²) in [5.41, 5.74) is -0.0456. The standard InChI is InChI=1S/C9H8F2O3/c1-14-9(13)8(12)5-2-3-6(10)7(11)4-5/h2-4,8,12H,1H3/t8-/m1/s1. The number of hydrogen-bond acceptors (Lipinski definition) is 3. The molecule has 1 rings (SSSR count). The molecule has 5 heteroatoms. The second kappa shape index (κ2) is 4.15. The minimum Gasteiger partial charge on any atom is -0.467 e. The molecule has 1 atom stereocenters. The van der Waals surface area contributed by atoms with Crippen molar-refractivity contribution in [2.24, 2.45) is 0 Å². The van der Waals surface area contributed by atoms with Crippen molar-refractivity contribution in [1.29, 1.82) is 0 Å². The molecule has 1 aromatic rings. The van der Waals surface area contributed by atoms with Crippen LogP contribution in [0.1, 0.15) is 11.7 Å². The lowest BCUT2D eigenvalue weighted by Crippen LogP contribution is -2.13. The van der Waals surface area contributed by atoms with Gasteiger partial charge in [0, 0.05) is 0 Å². The maximum Gasteiger partial charge on any atom is 0.339 e. The molecule has 1 aromatic carbocycles. The Bertz CT molecular complexity index is 352. The third-order valence-corrected chi connectivity index (χ3v) is 1.68. The van der Waals surface area contributed by atoms with Gasteiger partial charge in [0.05, 0.1) is 7.11 Å². The van der Waals surface area contributed by atoms with Gasteiger partial charge in [0.15, 0.2) is 17.7 Å². The Morgan fingerprint density at radius 2 is 2.07 bits per heavy atom. The van der Waals surface area contributed by atoms with E-state index in [1.54, 1.807) is 0 Å².